The monoisotopic (exact) mass is 441 g/mol. The normalized spacial score (nSPS) is 26.2. The van der Waals surface area contributed by atoms with Gasteiger partial charge in [0.1, 0.15) is 5.70 Å². The molecule has 4 nitrogen and oxygen atoms in total. The first-order valence-corrected chi connectivity index (χ1v) is 12.6. The van der Waals surface area contributed by atoms with Crippen LogP contribution in [0.5, 0.6) is 0 Å². The molecule has 1 atom stereocenters. The van der Waals surface area contributed by atoms with Gasteiger partial charge in [0.15, 0.2) is 0 Å². The molecule has 1 unspecified atom stereocenters. The minimum Gasteiger partial charge on any atom is -0.394 e. The predicted molar refractivity (Wildman–Crippen MR) is 128 cm³/mol. The maximum atomic E-state index is 12.9. The zero-order valence-electron chi connectivity index (χ0n) is 18.5. The van der Waals surface area contributed by atoms with Crippen LogP contribution in [0.2, 0.25) is 5.02 Å². The van der Waals surface area contributed by atoms with Crippen LogP contribution < -0.4 is 11.1 Å². The highest BCUT2D eigenvalue weighted by Crippen LogP contribution is 2.32. The van der Waals surface area contributed by atoms with Gasteiger partial charge >= 0.3 is 0 Å². The fourth-order valence-corrected chi connectivity index (χ4v) is 5.38. The minimum atomic E-state index is -0.0977. The van der Waals surface area contributed by atoms with Crippen LogP contribution in [0.15, 0.2) is 40.5 Å². The van der Waals surface area contributed by atoms with E-state index in [2.05, 4.69) is 17.4 Å². The summed E-state index contributed by atoms with van der Waals surface area (Å²) >= 11 is 6.26. The maximum absolute atomic E-state index is 12.9. The third kappa shape index (κ3) is 5.91. The summed E-state index contributed by atoms with van der Waals surface area (Å²) in [4.78, 5) is 18.3. The molecule has 0 bridgehead atoms. The molecule has 1 aromatic carbocycles. The molecule has 0 aromatic heterocycles. The smallest absolute Gasteiger partial charge is 0.267 e. The highest BCUT2D eigenvalue weighted by Gasteiger charge is 2.29. The highest BCUT2D eigenvalue weighted by atomic mass is 35.5. The molecule has 5 heteroatoms. The van der Waals surface area contributed by atoms with Crippen molar-refractivity contribution in [1.29, 1.82) is 0 Å². The Morgan fingerprint density at radius 2 is 1.81 bits per heavy atom. The summed E-state index contributed by atoms with van der Waals surface area (Å²) in [6.45, 7) is 0. The molecule has 0 radical (unpaired) electrons. The van der Waals surface area contributed by atoms with E-state index in [1.54, 1.807) is 0 Å². The average Bonchev–Trinajstić information content (AvgIpc) is 2.93. The summed E-state index contributed by atoms with van der Waals surface area (Å²) in [5.74, 6) is 0.187. The summed E-state index contributed by atoms with van der Waals surface area (Å²) in [5.41, 5.74) is 10.3. The minimum absolute atomic E-state index is 0.0977. The van der Waals surface area contributed by atoms with Crippen molar-refractivity contribution in [1.82, 2.24) is 5.32 Å². The van der Waals surface area contributed by atoms with Crippen molar-refractivity contribution < 1.29 is 4.79 Å². The summed E-state index contributed by atoms with van der Waals surface area (Å²) in [5, 5.41) is 3.91. The van der Waals surface area contributed by atoms with Crippen LogP contribution in [0.1, 0.15) is 82.6 Å². The van der Waals surface area contributed by atoms with Crippen LogP contribution in [-0.4, -0.2) is 23.7 Å². The van der Waals surface area contributed by atoms with Gasteiger partial charge in [-0.05, 0) is 75.5 Å². The number of rotatable bonds is 5. The standard InChI is InChI=1S/C26H36ClN3O/c27-20-10-6-8-18(17-20)16-19-9-4-5-15-23(24(28)26(31)30-22-13-7-14-22)25(19)29-21-11-2-1-3-12-21/h6,8,10,17,19,21-22H,1-5,7,9,11-16,28H2,(H,30,31). The fourth-order valence-electron chi connectivity index (χ4n) is 5.17. The van der Waals surface area contributed by atoms with E-state index in [9.17, 15) is 4.79 Å². The molecule has 31 heavy (non-hydrogen) atoms. The topological polar surface area (TPSA) is 67.5 Å². The third-order valence-electron chi connectivity index (χ3n) is 7.20. The van der Waals surface area contributed by atoms with Crippen LogP contribution in [0.4, 0.5) is 0 Å². The summed E-state index contributed by atoms with van der Waals surface area (Å²) in [7, 11) is 0. The van der Waals surface area contributed by atoms with Crippen LogP contribution in [0, 0.1) is 5.92 Å². The maximum Gasteiger partial charge on any atom is 0.267 e. The van der Waals surface area contributed by atoms with E-state index in [-0.39, 0.29) is 11.8 Å². The van der Waals surface area contributed by atoms with E-state index >= 15 is 0 Å². The largest absolute Gasteiger partial charge is 0.394 e. The van der Waals surface area contributed by atoms with Crippen molar-refractivity contribution in [3.05, 3.63) is 46.1 Å². The Hall–Kier alpha value is -1.81. The van der Waals surface area contributed by atoms with Gasteiger partial charge in [0, 0.05) is 28.3 Å². The number of aliphatic imine (C=N–C) groups is 1. The molecule has 0 aliphatic heterocycles. The lowest BCUT2D eigenvalue weighted by Gasteiger charge is -2.28. The second kappa shape index (κ2) is 10.7. The average molecular weight is 442 g/mol. The molecule has 3 saturated carbocycles. The van der Waals surface area contributed by atoms with Gasteiger partial charge in [-0.25, -0.2) is 0 Å². The number of benzene rings is 1. The number of nitrogens with zero attached hydrogens (tertiary/aromatic N) is 1. The Kier molecular flexibility index (Phi) is 7.71. The number of hydrogen-bond acceptors (Lipinski definition) is 3. The number of allylic oxidation sites excluding steroid dienone is 1. The van der Waals surface area contributed by atoms with E-state index in [1.165, 1.54) is 31.2 Å². The number of halogens is 1. The van der Waals surface area contributed by atoms with Crippen molar-refractivity contribution >= 4 is 23.2 Å². The molecule has 3 aliphatic rings. The molecule has 3 aliphatic carbocycles. The fraction of sp³-hybridized carbons (Fsp3) is 0.615. The molecule has 0 spiro atoms. The van der Waals surface area contributed by atoms with Crippen LogP contribution in [0.3, 0.4) is 0 Å². The predicted octanol–water partition coefficient (Wildman–Crippen LogP) is 5.73. The van der Waals surface area contributed by atoms with Gasteiger partial charge in [-0.1, -0.05) is 49.4 Å². The Balaban J connectivity index is 1.65. The molecule has 0 saturated heterocycles. The Labute approximate surface area is 191 Å². The molecule has 4 rings (SSSR count). The van der Waals surface area contributed by atoms with Crippen LogP contribution in [-0.2, 0) is 11.2 Å². The SMILES string of the molecule is NC(C(=O)NC1CCC1)=C1CCCCC(Cc2cccc(Cl)c2)C1=NC1CCCCC1. The lowest BCUT2D eigenvalue weighted by molar-refractivity contribution is -0.118. The number of amides is 1. The van der Waals surface area contributed by atoms with Crippen molar-refractivity contribution in [2.45, 2.75) is 95.6 Å². The Morgan fingerprint density at radius 3 is 2.52 bits per heavy atom. The molecular formula is C26H36ClN3O. The number of carbonyl (C=O) groups is 1. The van der Waals surface area contributed by atoms with Crippen LogP contribution >= 0.6 is 11.6 Å². The van der Waals surface area contributed by atoms with Gasteiger partial charge in [-0.15, -0.1) is 0 Å². The lowest BCUT2D eigenvalue weighted by Crippen LogP contribution is -2.42. The van der Waals surface area contributed by atoms with Crippen molar-refractivity contribution in [2.24, 2.45) is 16.6 Å². The Bertz CT molecular complexity index is 837. The molecule has 3 N–H and O–H groups in total. The third-order valence-corrected chi connectivity index (χ3v) is 7.44. The first-order chi connectivity index (χ1) is 15.1. The zero-order chi connectivity index (χ0) is 21.6. The van der Waals surface area contributed by atoms with Crippen molar-refractivity contribution in [2.75, 3.05) is 0 Å². The molecule has 3 fully saturated rings. The number of carbonyl (C=O) groups excluding carboxylic acids is 1. The summed E-state index contributed by atoms with van der Waals surface area (Å²) in [6.07, 6.45) is 14.4. The van der Waals surface area contributed by atoms with Gasteiger partial charge in [0.25, 0.3) is 5.91 Å². The summed E-state index contributed by atoms with van der Waals surface area (Å²) in [6, 6.07) is 8.79. The first kappa shape index (κ1) is 22.4. The Morgan fingerprint density at radius 1 is 1.03 bits per heavy atom. The molecule has 1 amide bonds. The molecule has 0 heterocycles. The van der Waals surface area contributed by atoms with E-state index in [0.29, 0.717) is 17.8 Å². The van der Waals surface area contributed by atoms with Gasteiger partial charge < -0.3 is 11.1 Å². The number of nitrogens with two attached hydrogens (primary N) is 1. The van der Waals surface area contributed by atoms with Crippen molar-refractivity contribution in [3.8, 4) is 0 Å². The number of hydrogen-bond donors (Lipinski definition) is 2. The van der Waals surface area contributed by atoms with Crippen molar-refractivity contribution in [3.63, 3.8) is 0 Å². The van der Waals surface area contributed by atoms with Crippen LogP contribution in [0.25, 0.3) is 0 Å². The second-order valence-corrected chi connectivity index (χ2v) is 10.0. The lowest BCUT2D eigenvalue weighted by atomic mass is 9.86. The first-order valence-electron chi connectivity index (χ1n) is 12.2. The van der Waals surface area contributed by atoms with E-state index in [4.69, 9.17) is 22.3 Å². The molecule has 1 aromatic rings. The van der Waals surface area contributed by atoms with Gasteiger partial charge in [-0.3, -0.25) is 9.79 Å². The van der Waals surface area contributed by atoms with E-state index in [1.807, 2.05) is 12.1 Å². The van der Waals surface area contributed by atoms with Gasteiger partial charge in [-0.2, -0.15) is 0 Å². The second-order valence-electron chi connectivity index (χ2n) is 9.58. The quantitative estimate of drug-likeness (QED) is 0.452. The highest BCUT2D eigenvalue weighted by molar-refractivity contribution is 6.30. The molecular weight excluding hydrogens is 406 g/mol. The van der Waals surface area contributed by atoms with Gasteiger partial charge in [0.05, 0.1) is 6.04 Å². The zero-order valence-corrected chi connectivity index (χ0v) is 19.3. The molecule has 168 valence electrons. The number of nitrogens with one attached hydrogen (secondary N) is 1. The van der Waals surface area contributed by atoms with E-state index < -0.39 is 0 Å². The van der Waals surface area contributed by atoms with E-state index in [0.717, 1.165) is 74.1 Å². The summed E-state index contributed by atoms with van der Waals surface area (Å²) < 4.78 is 0. The van der Waals surface area contributed by atoms with Gasteiger partial charge in [0.2, 0.25) is 0 Å².